The fraction of sp³-hybridized carbons (Fsp3) is 0. The third-order valence-corrected chi connectivity index (χ3v) is 1.33. The average Bonchev–Trinajstić information content (AvgIpc) is 2.65. The lowest BCUT2D eigenvalue weighted by molar-refractivity contribution is 0.881. The van der Waals surface area contributed by atoms with Crippen molar-refractivity contribution in [2.75, 3.05) is 0 Å². The van der Waals surface area contributed by atoms with Gasteiger partial charge in [0.25, 0.3) is 0 Å². The van der Waals surface area contributed by atoms with Crippen molar-refractivity contribution < 1.29 is 0 Å². The summed E-state index contributed by atoms with van der Waals surface area (Å²) < 4.78 is 0. The molecule has 4 nitrogen and oxygen atoms in total. The fourth-order valence-corrected chi connectivity index (χ4v) is 0.794. The van der Waals surface area contributed by atoms with E-state index in [9.17, 15) is 0 Å². The summed E-state index contributed by atoms with van der Waals surface area (Å²) in [4.78, 5) is 0. The van der Waals surface area contributed by atoms with Gasteiger partial charge in [-0.1, -0.05) is 43.5 Å². The van der Waals surface area contributed by atoms with Gasteiger partial charge >= 0.3 is 0 Å². The Kier molecular flexibility index (Phi) is 3.38. The predicted molar refractivity (Wildman–Crippen MR) is 51.7 cm³/mol. The van der Waals surface area contributed by atoms with Crippen molar-refractivity contribution >= 4 is 5.57 Å². The number of aromatic nitrogens is 4. The summed E-state index contributed by atoms with van der Waals surface area (Å²) in [5.41, 5.74) is 0.861. The van der Waals surface area contributed by atoms with Crippen LogP contribution in [0, 0.1) is 0 Å². The summed E-state index contributed by atoms with van der Waals surface area (Å²) in [6.07, 6.45) is 8.81. The van der Waals surface area contributed by atoms with Gasteiger partial charge in [0.15, 0.2) is 5.82 Å². The Bertz CT molecular complexity index is 333. The predicted octanol–water partition coefficient (Wildman–Crippen LogP) is 1.51. The van der Waals surface area contributed by atoms with E-state index >= 15 is 0 Å². The highest BCUT2D eigenvalue weighted by molar-refractivity contribution is 5.70. The first-order chi connectivity index (χ1) is 6.38. The molecule has 0 amide bonds. The van der Waals surface area contributed by atoms with Crippen molar-refractivity contribution in [3.05, 3.63) is 49.4 Å². The van der Waals surface area contributed by atoms with E-state index in [0.717, 1.165) is 5.57 Å². The molecule has 1 N–H and O–H groups in total. The monoisotopic (exact) mass is 174 g/mol. The molecule has 0 unspecified atom stereocenters. The minimum Gasteiger partial charge on any atom is -0.239 e. The Morgan fingerprint density at radius 2 is 2.15 bits per heavy atom. The van der Waals surface area contributed by atoms with Crippen LogP contribution in [-0.4, -0.2) is 20.6 Å². The third kappa shape index (κ3) is 2.52. The summed E-state index contributed by atoms with van der Waals surface area (Å²) in [6.45, 7) is 7.17. The molecule has 1 aromatic heterocycles. The second kappa shape index (κ2) is 4.82. The minimum atomic E-state index is 0.609. The van der Waals surface area contributed by atoms with E-state index in [1.807, 2.05) is 12.2 Å². The lowest BCUT2D eigenvalue weighted by atomic mass is 10.2. The summed E-state index contributed by atoms with van der Waals surface area (Å²) in [6, 6.07) is 0. The number of allylic oxidation sites excluding steroid dienone is 6. The van der Waals surface area contributed by atoms with Gasteiger partial charge in [-0.25, -0.2) is 5.10 Å². The van der Waals surface area contributed by atoms with Crippen LogP contribution < -0.4 is 0 Å². The van der Waals surface area contributed by atoms with E-state index in [2.05, 4.69) is 33.8 Å². The number of hydrogen-bond donors (Lipinski definition) is 1. The standard InChI is InChI=1S/C9H10N4/c1-3-5-7-8(6-4-2)9-10-12-13-11-9/h3-7H,1-2H2,(H,10,11,12,13)/b7-5-,8-6+. The molecule has 4 heteroatoms. The number of aromatic amines is 1. The first kappa shape index (κ1) is 9.12. The lowest BCUT2D eigenvalue weighted by Crippen LogP contribution is -1.83. The van der Waals surface area contributed by atoms with Gasteiger partial charge in [0.05, 0.1) is 0 Å². The largest absolute Gasteiger partial charge is 0.239 e. The smallest absolute Gasteiger partial charge is 0.179 e. The first-order valence-electron chi connectivity index (χ1n) is 3.74. The van der Waals surface area contributed by atoms with Crippen LogP contribution in [0.3, 0.4) is 0 Å². The zero-order valence-corrected chi connectivity index (χ0v) is 7.14. The van der Waals surface area contributed by atoms with Crippen molar-refractivity contribution in [1.29, 1.82) is 0 Å². The summed E-state index contributed by atoms with van der Waals surface area (Å²) in [5, 5.41) is 13.4. The minimum absolute atomic E-state index is 0.609. The van der Waals surface area contributed by atoms with Gasteiger partial charge in [-0.2, -0.15) is 0 Å². The number of rotatable bonds is 4. The topological polar surface area (TPSA) is 54.5 Å². The average molecular weight is 174 g/mol. The molecule has 0 saturated heterocycles. The Hall–Kier alpha value is -1.97. The van der Waals surface area contributed by atoms with E-state index in [1.165, 1.54) is 0 Å². The molecule has 1 aromatic rings. The summed E-state index contributed by atoms with van der Waals surface area (Å²) in [7, 11) is 0. The SMILES string of the molecule is C=C/C=C\C(=C/C=C)c1nnn[nH]1. The van der Waals surface area contributed by atoms with E-state index in [-0.39, 0.29) is 0 Å². The molecule has 0 aromatic carbocycles. The molecule has 0 aliphatic heterocycles. The summed E-state index contributed by atoms with van der Waals surface area (Å²) in [5.74, 6) is 0.609. The third-order valence-electron chi connectivity index (χ3n) is 1.33. The van der Waals surface area contributed by atoms with Gasteiger partial charge in [-0.3, -0.25) is 0 Å². The number of hydrogen-bond acceptors (Lipinski definition) is 3. The van der Waals surface area contributed by atoms with Crippen LogP contribution >= 0.6 is 0 Å². The first-order valence-corrected chi connectivity index (χ1v) is 3.74. The van der Waals surface area contributed by atoms with Gasteiger partial charge in [0.2, 0.25) is 0 Å². The normalized spacial score (nSPS) is 11.8. The van der Waals surface area contributed by atoms with Gasteiger partial charge in [0.1, 0.15) is 0 Å². The molecule has 66 valence electrons. The molecular weight excluding hydrogens is 164 g/mol. The van der Waals surface area contributed by atoms with Crippen molar-refractivity contribution in [1.82, 2.24) is 20.6 Å². The van der Waals surface area contributed by atoms with Crippen LogP contribution in [0.1, 0.15) is 5.82 Å². The molecule has 0 spiro atoms. The van der Waals surface area contributed by atoms with Gasteiger partial charge in [-0.15, -0.1) is 5.10 Å². The molecule has 1 rings (SSSR count). The molecule has 13 heavy (non-hydrogen) atoms. The number of nitrogens with one attached hydrogen (secondary N) is 1. The molecule has 0 bridgehead atoms. The summed E-state index contributed by atoms with van der Waals surface area (Å²) >= 11 is 0. The quantitative estimate of drug-likeness (QED) is 0.704. The van der Waals surface area contributed by atoms with Crippen LogP contribution in [0.2, 0.25) is 0 Å². The molecule has 1 heterocycles. The van der Waals surface area contributed by atoms with Gasteiger partial charge in [-0.05, 0) is 10.4 Å². The number of tetrazole rings is 1. The van der Waals surface area contributed by atoms with Crippen molar-refractivity contribution in [2.45, 2.75) is 0 Å². The number of nitrogens with zero attached hydrogens (tertiary/aromatic N) is 3. The highest BCUT2D eigenvalue weighted by atomic mass is 15.5. The molecule has 0 saturated carbocycles. The van der Waals surface area contributed by atoms with Crippen LogP contribution in [0.15, 0.2) is 43.5 Å². The zero-order valence-electron chi connectivity index (χ0n) is 7.14. The maximum atomic E-state index is 3.77. The van der Waals surface area contributed by atoms with E-state index < -0.39 is 0 Å². The van der Waals surface area contributed by atoms with Crippen molar-refractivity contribution in [2.24, 2.45) is 0 Å². The Morgan fingerprint density at radius 1 is 1.31 bits per heavy atom. The van der Waals surface area contributed by atoms with E-state index in [1.54, 1.807) is 18.2 Å². The molecule has 0 atom stereocenters. The van der Waals surface area contributed by atoms with Crippen LogP contribution in [0.4, 0.5) is 0 Å². The highest BCUT2D eigenvalue weighted by Gasteiger charge is 1.99. The molecule has 0 radical (unpaired) electrons. The highest BCUT2D eigenvalue weighted by Crippen LogP contribution is 2.08. The van der Waals surface area contributed by atoms with E-state index in [0.29, 0.717) is 5.82 Å². The van der Waals surface area contributed by atoms with E-state index in [4.69, 9.17) is 0 Å². The lowest BCUT2D eigenvalue weighted by Gasteiger charge is -1.91. The Labute approximate surface area is 76.4 Å². The second-order valence-corrected chi connectivity index (χ2v) is 2.20. The van der Waals surface area contributed by atoms with Crippen LogP contribution in [-0.2, 0) is 0 Å². The van der Waals surface area contributed by atoms with Crippen molar-refractivity contribution in [3.8, 4) is 0 Å². The molecule has 0 aliphatic rings. The number of H-pyrrole nitrogens is 1. The van der Waals surface area contributed by atoms with Gasteiger partial charge < -0.3 is 0 Å². The van der Waals surface area contributed by atoms with Crippen LogP contribution in [0.5, 0.6) is 0 Å². The second-order valence-electron chi connectivity index (χ2n) is 2.20. The maximum Gasteiger partial charge on any atom is 0.179 e. The Morgan fingerprint density at radius 3 is 2.69 bits per heavy atom. The maximum absolute atomic E-state index is 3.77. The van der Waals surface area contributed by atoms with Gasteiger partial charge in [0, 0.05) is 5.57 Å². The molecular formula is C9H10N4. The van der Waals surface area contributed by atoms with Crippen LogP contribution in [0.25, 0.3) is 5.57 Å². The zero-order chi connectivity index (χ0) is 9.52. The van der Waals surface area contributed by atoms with Crippen molar-refractivity contribution in [3.63, 3.8) is 0 Å². The molecule has 0 aliphatic carbocycles. The fourth-order valence-electron chi connectivity index (χ4n) is 0.794. The molecule has 0 fully saturated rings. The Balaban J connectivity index is 2.93.